The SMILES string of the molecule is O=C(O)CCCCC(O)(O)CC(=O)O. The first-order valence-corrected chi connectivity index (χ1v) is 4.22. The van der Waals surface area contributed by atoms with Crippen molar-refractivity contribution in [2.24, 2.45) is 0 Å². The van der Waals surface area contributed by atoms with Gasteiger partial charge >= 0.3 is 11.9 Å². The molecule has 0 fully saturated rings. The molecule has 0 aliphatic heterocycles. The molecule has 82 valence electrons. The van der Waals surface area contributed by atoms with Gasteiger partial charge in [0.15, 0.2) is 5.79 Å². The Labute approximate surface area is 80.8 Å². The third kappa shape index (κ3) is 7.51. The van der Waals surface area contributed by atoms with Crippen molar-refractivity contribution in [1.82, 2.24) is 0 Å². The van der Waals surface area contributed by atoms with Crippen LogP contribution in [0.15, 0.2) is 0 Å². The van der Waals surface area contributed by atoms with E-state index in [1.807, 2.05) is 0 Å². The standard InChI is InChI=1S/C8H14O6/c9-6(10)3-1-2-4-8(13,14)5-7(11)12/h13-14H,1-5H2,(H,9,10)(H,11,12). The smallest absolute Gasteiger partial charge is 0.308 e. The average molecular weight is 206 g/mol. The Morgan fingerprint density at radius 2 is 1.57 bits per heavy atom. The molecule has 0 aromatic heterocycles. The van der Waals surface area contributed by atoms with Crippen molar-refractivity contribution in [2.45, 2.75) is 37.9 Å². The zero-order valence-electron chi connectivity index (χ0n) is 7.64. The van der Waals surface area contributed by atoms with Gasteiger partial charge in [-0.3, -0.25) is 9.59 Å². The number of carboxylic acids is 2. The number of carbonyl (C=O) groups is 2. The molecule has 0 saturated heterocycles. The predicted molar refractivity (Wildman–Crippen MR) is 45.5 cm³/mol. The molecule has 0 aromatic carbocycles. The summed E-state index contributed by atoms with van der Waals surface area (Å²) in [5.41, 5.74) is 0. The van der Waals surface area contributed by atoms with Crippen molar-refractivity contribution in [3.63, 3.8) is 0 Å². The van der Waals surface area contributed by atoms with Gasteiger partial charge in [0.1, 0.15) is 0 Å². The molecule has 0 atom stereocenters. The highest BCUT2D eigenvalue weighted by Crippen LogP contribution is 2.15. The summed E-state index contributed by atoms with van der Waals surface area (Å²) in [5, 5.41) is 34.7. The summed E-state index contributed by atoms with van der Waals surface area (Å²) >= 11 is 0. The number of hydrogen-bond donors (Lipinski definition) is 4. The van der Waals surface area contributed by atoms with Gasteiger partial charge in [0.05, 0.1) is 6.42 Å². The van der Waals surface area contributed by atoms with Crippen LogP contribution < -0.4 is 0 Å². The molecule has 0 rings (SSSR count). The Balaban J connectivity index is 3.65. The van der Waals surface area contributed by atoms with E-state index in [2.05, 4.69) is 0 Å². The summed E-state index contributed by atoms with van der Waals surface area (Å²) < 4.78 is 0. The molecule has 6 nitrogen and oxygen atoms in total. The van der Waals surface area contributed by atoms with Crippen molar-refractivity contribution in [2.75, 3.05) is 0 Å². The molecular formula is C8H14O6. The number of rotatable bonds is 7. The van der Waals surface area contributed by atoms with Crippen LogP contribution in [-0.2, 0) is 9.59 Å². The third-order valence-corrected chi connectivity index (χ3v) is 1.65. The number of unbranched alkanes of at least 4 members (excludes halogenated alkanes) is 1. The van der Waals surface area contributed by atoms with Gasteiger partial charge < -0.3 is 20.4 Å². The fraction of sp³-hybridized carbons (Fsp3) is 0.750. The minimum atomic E-state index is -2.23. The molecule has 14 heavy (non-hydrogen) atoms. The van der Waals surface area contributed by atoms with Gasteiger partial charge in [-0.2, -0.15) is 0 Å². The molecule has 6 heteroatoms. The molecule has 0 radical (unpaired) electrons. The number of aliphatic carboxylic acids is 2. The fourth-order valence-corrected chi connectivity index (χ4v) is 1.01. The summed E-state index contributed by atoms with van der Waals surface area (Å²) in [6.07, 6.45) is -0.361. The second kappa shape index (κ2) is 5.56. The van der Waals surface area contributed by atoms with Gasteiger partial charge in [-0.05, 0) is 12.8 Å². The van der Waals surface area contributed by atoms with Crippen LogP contribution in [0.4, 0.5) is 0 Å². The van der Waals surface area contributed by atoms with Crippen LogP contribution in [0.3, 0.4) is 0 Å². The molecule has 0 heterocycles. The van der Waals surface area contributed by atoms with Crippen LogP contribution in [0.1, 0.15) is 32.1 Å². The Kier molecular flexibility index (Phi) is 5.11. The molecule has 0 amide bonds. The largest absolute Gasteiger partial charge is 0.481 e. The topological polar surface area (TPSA) is 115 Å². The molecule has 0 unspecified atom stereocenters. The summed E-state index contributed by atoms with van der Waals surface area (Å²) in [5.74, 6) is -4.48. The van der Waals surface area contributed by atoms with Crippen molar-refractivity contribution in [1.29, 1.82) is 0 Å². The Morgan fingerprint density at radius 3 is 2.00 bits per heavy atom. The maximum atomic E-state index is 10.1. The van der Waals surface area contributed by atoms with Crippen LogP contribution in [-0.4, -0.2) is 38.2 Å². The zero-order chi connectivity index (χ0) is 11.2. The van der Waals surface area contributed by atoms with Crippen LogP contribution >= 0.6 is 0 Å². The van der Waals surface area contributed by atoms with E-state index >= 15 is 0 Å². The highest BCUT2D eigenvalue weighted by Gasteiger charge is 2.25. The fourth-order valence-electron chi connectivity index (χ4n) is 1.01. The first-order chi connectivity index (χ1) is 6.33. The summed E-state index contributed by atoms with van der Waals surface area (Å²) in [6.45, 7) is 0. The van der Waals surface area contributed by atoms with Gasteiger partial charge in [0.25, 0.3) is 0 Å². The number of aliphatic hydroxyl groups is 2. The van der Waals surface area contributed by atoms with E-state index < -0.39 is 24.1 Å². The Bertz CT molecular complexity index is 210. The van der Waals surface area contributed by atoms with Gasteiger partial charge in [-0.25, -0.2) is 0 Å². The van der Waals surface area contributed by atoms with Crippen molar-refractivity contribution in [3.05, 3.63) is 0 Å². The van der Waals surface area contributed by atoms with E-state index in [0.29, 0.717) is 6.42 Å². The van der Waals surface area contributed by atoms with E-state index in [4.69, 9.17) is 20.4 Å². The third-order valence-electron chi connectivity index (χ3n) is 1.65. The van der Waals surface area contributed by atoms with Gasteiger partial charge in [-0.1, -0.05) is 0 Å². The molecule has 0 aromatic rings. The molecular weight excluding hydrogens is 192 g/mol. The predicted octanol–water partition coefficient (Wildman–Crippen LogP) is -0.213. The molecule has 0 aliphatic rings. The summed E-state index contributed by atoms with van der Waals surface area (Å²) in [4.78, 5) is 20.2. The van der Waals surface area contributed by atoms with Crippen LogP contribution in [0.25, 0.3) is 0 Å². The lowest BCUT2D eigenvalue weighted by Crippen LogP contribution is -2.31. The summed E-state index contributed by atoms with van der Waals surface area (Å²) in [6, 6.07) is 0. The van der Waals surface area contributed by atoms with E-state index in [1.165, 1.54) is 0 Å². The van der Waals surface area contributed by atoms with E-state index in [0.717, 1.165) is 0 Å². The molecule has 0 spiro atoms. The maximum absolute atomic E-state index is 10.1. The number of hydrogen-bond acceptors (Lipinski definition) is 4. The molecule has 0 aliphatic carbocycles. The van der Waals surface area contributed by atoms with E-state index in [1.54, 1.807) is 0 Å². The maximum Gasteiger partial charge on any atom is 0.308 e. The number of carboxylic acid groups (broad SMARTS) is 2. The van der Waals surface area contributed by atoms with Crippen molar-refractivity contribution >= 4 is 11.9 Å². The van der Waals surface area contributed by atoms with E-state index in [9.17, 15) is 9.59 Å². The monoisotopic (exact) mass is 206 g/mol. The average Bonchev–Trinajstić information content (AvgIpc) is 1.95. The normalized spacial score (nSPS) is 11.3. The second-order valence-electron chi connectivity index (χ2n) is 3.15. The van der Waals surface area contributed by atoms with Crippen molar-refractivity contribution in [3.8, 4) is 0 Å². The Morgan fingerprint density at radius 1 is 1.00 bits per heavy atom. The van der Waals surface area contributed by atoms with Crippen molar-refractivity contribution < 1.29 is 30.0 Å². The van der Waals surface area contributed by atoms with Gasteiger partial charge in [0.2, 0.25) is 0 Å². The zero-order valence-corrected chi connectivity index (χ0v) is 7.64. The minimum absolute atomic E-state index is 0.0524. The molecule has 0 bridgehead atoms. The molecule has 0 saturated carbocycles. The first-order valence-electron chi connectivity index (χ1n) is 4.22. The highest BCUT2D eigenvalue weighted by molar-refractivity contribution is 5.67. The van der Waals surface area contributed by atoms with E-state index in [-0.39, 0.29) is 19.3 Å². The van der Waals surface area contributed by atoms with Gasteiger partial charge in [-0.15, -0.1) is 0 Å². The lowest BCUT2D eigenvalue weighted by Gasteiger charge is -2.18. The first kappa shape index (κ1) is 12.9. The van der Waals surface area contributed by atoms with Gasteiger partial charge in [0, 0.05) is 12.8 Å². The van der Waals surface area contributed by atoms with Crippen LogP contribution in [0.2, 0.25) is 0 Å². The quantitative estimate of drug-likeness (QED) is 0.338. The highest BCUT2D eigenvalue weighted by atomic mass is 16.5. The lowest BCUT2D eigenvalue weighted by molar-refractivity contribution is -0.185. The van der Waals surface area contributed by atoms with Crippen LogP contribution in [0.5, 0.6) is 0 Å². The Hall–Kier alpha value is -1.14. The minimum Gasteiger partial charge on any atom is -0.481 e. The lowest BCUT2D eigenvalue weighted by atomic mass is 10.0. The molecule has 4 N–H and O–H groups in total. The second-order valence-corrected chi connectivity index (χ2v) is 3.15. The summed E-state index contributed by atoms with van der Waals surface area (Å²) in [7, 11) is 0. The van der Waals surface area contributed by atoms with Crippen LogP contribution in [0, 0.1) is 0 Å².